The minimum Gasteiger partial charge on any atom is -0.481 e. The number of carboxylic acids is 2. The highest BCUT2D eigenvalue weighted by atomic mass is 31.2. The molecule has 23 heteroatoms. The number of ether oxygens (including phenoxy) is 2. The van der Waals surface area contributed by atoms with Gasteiger partial charge in [0.1, 0.15) is 42.2 Å². The van der Waals surface area contributed by atoms with E-state index in [1.807, 2.05) is 29.7 Å². The molecule has 12 N–H and O–H groups in total. The Kier molecular flexibility index (Phi) is 12.8. The number of nitrogen functional groups attached to an aromatic ring is 1. The van der Waals surface area contributed by atoms with Crippen molar-refractivity contribution >= 4 is 49.2 Å². The molecule has 5 rings (SSSR count). The molecule has 1 fully saturated rings. The van der Waals surface area contributed by atoms with E-state index in [2.05, 4.69) is 24.3 Å². The molecule has 0 aliphatic carbocycles. The van der Waals surface area contributed by atoms with Gasteiger partial charge in [-0.15, -0.1) is 0 Å². The maximum atomic E-state index is 12.8. The van der Waals surface area contributed by atoms with Gasteiger partial charge in [0, 0.05) is 12.8 Å². The molecule has 1 aromatic heterocycles. The Morgan fingerprint density at radius 1 is 1.11 bits per heavy atom. The zero-order chi connectivity index (χ0) is 39.6. The summed E-state index contributed by atoms with van der Waals surface area (Å²) in [5.74, 6) is -2.70. The second-order valence-electron chi connectivity index (χ2n) is 13.2. The molecule has 3 aliphatic heterocycles. The van der Waals surface area contributed by atoms with Crippen LogP contribution in [-0.4, -0.2) is 154 Å². The molecule has 0 spiro atoms. The Morgan fingerprint density at radius 3 is 2.44 bits per heavy atom. The number of fused-ring (bicyclic) bond motifs is 3. The lowest BCUT2D eigenvalue weighted by molar-refractivity contribution is -0.479. The van der Waals surface area contributed by atoms with E-state index in [9.17, 15) is 49.4 Å². The number of rotatable bonds is 17. The van der Waals surface area contributed by atoms with Crippen LogP contribution in [0.3, 0.4) is 0 Å². The quantitative estimate of drug-likeness (QED) is 0.0591. The summed E-state index contributed by atoms with van der Waals surface area (Å²) in [7, 11) is -5.11. The van der Waals surface area contributed by atoms with E-state index in [4.69, 9.17) is 25.4 Å². The highest BCUT2D eigenvalue weighted by Crippen LogP contribution is 2.46. The van der Waals surface area contributed by atoms with Crippen LogP contribution >= 0.6 is 7.82 Å². The second kappa shape index (κ2) is 16.8. The molecule has 8 unspecified atom stereocenters. The van der Waals surface area contributed by atoms with Gasteiger partial charge >= 0.3 is 25.3 Å². The van der Waals surface area contributed by atoms with E-state index in [0.29, 0.717) is 17.1 Å². The Balaban J connectivity index is 1.11. The van der Waals surface area contributed by atoms with Gasteiger partial charge in [-0.05, 0) is 38.0 Å². The second-order valence-corrected chi connectivity index (χ2v) is 14.6. The number of nitrogens with zero attached hydrogens (tertiary/aromatic N) is 3. The van der Waals surface area contributed by atoms with E-state index in [0.717, 1.165) is 5.69 Å². The fourth-order valence-corrected chi connectivity index (χ4v) is 7.46. The van der Waals surface area contributed by atoms with Crippen molar-refractivity contribution in [3.05, 3.63) is 40.2 Å². The number of aromatic nitrogens is 2. The molecular formula is C31H44N6O16P+. The number of nitrogens with one attached hydrogen (secondary N) is 2. The number of aromatic amines is 1. The third-order valence-electron chi connectivity index (χ3n) is 9.33. The average molecular weight is 788 g/mol. The van der Waals surface area contributed by atoms with E-state index in [1.54, 1.807) is 24.3 Å². The summed E-state index contributed by atoms with van der Waals surface area (Å²) in [6.07, 6.45) is -13.1. The number of phosphoric ester groups is 1. The maximum Gasteiger partial charge on any atom is 0.473 e. The lowest BCUT2D eigenvalue weighted by Crippen LogP contribution is -2.49. The molecule has 0 radical (unpaired) electrons. The number of aliphatic carboxylic acids is 2. The average Bonchev–Trinajstić information content (AvgIpc) is 3.58. The van der Waals surface area contributed by atoms with E-state index in [1.165, 1.54) is 0 Å². The number of aliphatic hydroxyl groups is 5. The first kappa shape index (κ1) is 41.1. The number of aliphatic hydroxyl groups excluding tert-OH is 5. The van der Waals surface area contributed by atoms with Crippen LogP contribution in [0.1, 0.15) is 32.3 Å². The fourth-order valence-electron chi connectivity index (χ4n) is 6.55. The van der Waals surface area contributed by atoms with Crippen LogP contribution in [0.4, 0.5) is 23.1 Å². The van der Waals surface area contributed by atoms with Crippen LogP contribution in [0.5, 0.6) is 0 Å². The van der Waals surface area contributed by atoms with Gasteiger partial charge in [0.05, 0.1) is 25.4 Å². The summed E-state index contributed by atoms with van der Waals surface area (Å²) in [5.41, 5.74) is 7.10. The number of carboxylic acid groups (broad SMARTS) is 2. The van der Waals surface area contributed by atoms with Gasteiger partial charge in [0.15, 0.2) is 24.3 Å². The smallest absolute Gasteiger partial charge is 0.473 e. The van der Waals surface area contributed by atoms with Crippen molar-refractivity contribution in [1.82, 2.24) is 9.97 Å². The molecular weight excluding hydrogens is 743 g/mol. The third kappa shape index (κ3) is 9.24. The van der Waals surface area contributed by atoms with Gasteiger partial charge in [0.25, 0.3) is 0 Å². The summed E-state index contributed by atoms with van der Waals surface area (Å²) >= 11 is 0. The molecule has 22 nitrogen and oxygen atoms in total. The number of benzene rings is 1. The zero-order valence-electron chi connectivity index (χ0n) is 29.0. The Hall–Kier alpha value is -4.06. The van der Waals surface area contributed by atoms with Crippen LogP contribution in [0.15, 0.2) is 29.1 Å². The van der Waals surface area contributed by atoms with E-state index < -0.39 is 94.8 Å². The molecule has 0 amide bonds. The van der Waals surface area contributed by atoms with E-state index >= 15 is 0 Å². The van der Waals surface area contributed by atoms with Crippen LogP contribution in [0.25, 0.3) is 0 Å². The number of hydrogen-bond donors (Lipinski definition) is 11. The zero-order valence-corrected chi connectivity index (χ0v) is 29.9. The molecule has 0 bridgehead atoms. The monoisotopic (exact) mass is 787 g/mol. The van der Waals surface area contributed by atoms with Crippen LogP contribution < -0.4 is 21.5 Å². The first-order chi connectivity index (χ1) is 25.4. The largest absolute Gasteiger partial charge is 0.481 e. The predicted molar refractivity (Wildman–Crippen MR) is 184 cm³/mol. The molecule has 3 aliphatic rings. The highest BCUT2D eigenvalue weighted by Gasteiger charge is 2.49. The molecule has 54 heavy (non-hydrogen) atoms. The summed E-state index contributed by atoms with van der Waals surface area (Å²) < 4.78 is 33.9. The SMILES string of the molecule is CC1Nc2nc(N)[nH]c(=O)c2[N+]2=CN(c3ccc(CC(O)C(O)C(O)CO[C@H]4O[C@H](COP(=O)(O)OC(CCC(=O)O)C(=O)O)[C@@H](O)[C@H]4O)cc3)C(C)C12. The summed E-state index contributed by atoms with van der Waals surface area (Å²) in [6, 6.07) is 6.81. The molecule has 0 saturated carbocycles. The van der Waals surface area contributed by atoms with Crippen molar-refractivity contribution in [2.24, 2.45) is 0 Å². The van der Waals surface area contributed by atoms with Gasteiger partial charge in [-0.3, -0.25) is 23.6 Å². The number of nitrogens with two attached hydrogens (primary N) is 1. The third-order valence-corrected chi connectivity index (χ3v) is 10.3. The molecule has 1 saturated heterocycles. The van der Waals surface area contributed by atoms with Gasteiger partial charge in [-0.2, -0.15) is 4.98 Å². The maximum absolute atomic E-state index is 12.8. The molecule has 12 atom stereocenters. The van der Waals surface area contributed by atoms with Crippen LogP contribution in [0.2, 0.25) is 0 Å². The number of H-pyrrole nitrogens is 1. The Morgan fingerprint density at radius 2 is 1.80 bits per heavy atom. The number of phosphoric acid groups is 1. The number of anilines is 3. The highest BCUT2D eigenvalue weighted by molar-refractivity contribution is 7.47. The van der Waals surface area contributed by atoms with Gasteiger partial charge in [-0.25, -0.2) is 18.8 Å². The van der Waals surface area contributed by atoms with Crippen molar-refractivity contribution in [3.63, 3.8) is 0 Å². The lowest BCUT2D eigenvalue weighted by Gasteiger charge is -2.30. The number of carbonyl (C=O) groups is 2. The van der Waals surface area contributed by atoms with Crippen molar-refractivity contribution in [2.45, 2.75) is 100 Å². The van der Waals surface area contributed by atoms with Crippen molar-refractivity contribution in [3.8, 4) is 0 Å². The lowest BCUT2D eigenvalue weighted by atomic mass is 9.98. The topological polar surface area (TPSA) is 340 Å². The molecule has 4 heterocycles. The van der Waals surface area contributed by atoms with Gasteiger partial charge in [-0.1, -0.05) is 12.1 Å². The molecule has 1 aromatic carbocycles. The van der Waals surface area contributed by atoms with Crippen molar-refractivity contribution in [2.75, 3.05) is 29.2 Å². The van der Waals surface area contributed by atoms with E-state index in [-0.39, 0.29) is 36.1 Å². The van der Waals surface area contributed by atoms with Crippen LogP contribution in [0, 0.1) is 0 Å². The Bertz CT molecular complexity index is 1810. The standard InChI is InChI=1S/C31H43N6O16P/c1-13-22-14(2)36(12-37(22)23-27(33-13)34-31(32)35-28(23)45)16-5-3-15(4-6-16)9-17(38)24(42)18(39)10-50-30-26(44)25(43)20(52-30)11-51-54(48,49)53-19(29(46)47)7-8-21(40)41/h3-6,12-14,17-20,22,24-26,30,38-39,42-44H,7-11H2,1-2H3,(H6-,32,33,34,35,40,41,45,46,47,48,49)/p+1/t13?,14?,17?,18?,19?,20-,22?,24?,25-,26-,30+/m1/s1. The summed E-state index contributed by atoms with van der Waals surface area (Å²) in [5, 5.41) is 73.6. The minimum absolute atomic E-state index is 0.00160. The van der Waals surface area contributed by atoms with Crippen molar-refractivity contribution in [1.29, 1.82) is 0 Å². The molecule has 298 valence electrons. The predicted octanol–water partition coefficient (Wildman–Crippen LogP) is -2.34. The van der Waals surface area contributed by atoms with Gasteiger partial charge < -0.3 is 61.2 Å². The van der Waals surface area contributed by atoms with Crippen LogP contribution in [-0.2, 0) is 39.1 Å². The molecule has 2 aromatic rings. The normalized spacial score (nSPS) is 28.2. The summed E-state index contributed by atoms with van der Waals surface area (Å²) in [6.45, 7) is 2.41. The number of hydrogen-bond acceptors (Lipinski definition) is 17. The minimum atomic E-state index is -5.11. The van der Waals surface area contributed by atoms with Crippen molar-refractivity contribution < 1.29 is 77.9 Å². The fraction of sp³-hybridized carbons (Fsp3) is 0.581. The summed E-state index contributed by atoms with van der Waals surface area (Å²) in [4.78, 5) is 53.4. The first-order valence-corrected chi connectivity index (χ1v) is 18.3. The van der Waals surface area contributed by atoms with Gasteiger partial charge in [0.2, 0.25) is 18.0 Å². The first-order valence-electron chi connectivity index (χ1n) is 16.8. The Labute approximate surface area is 306 Å².